The molecule has 39 heavy (non-hydrogen) atoms. The molecule has 6 heteroatoms. The van der Waals surface area contributed by atoms with Crippen LogP contribution >= 0.6 is 0 Å². The average Bonchev–Trinajstić information content (AvgIpc) is 2.93. The second-order valence-corrected chi connectivity index (χ2v) is 10.7. The molecule has 0 saturated heterocycles. The fourth-order valence-corrected chi connectivity index (χ4v) is 5.43. The minimum Gasteiger partial charge on any atom is -0.299 e. The predicted molar refractivity (Wildman–Crippen MR) is 147 cm³/mol. The monoisotopic (exact) mass is 535 g/mol. The number of ketones is 2. The highest BCUT2D eigenvalue weighted by Crippen LogP contribution is 2.33. The van der Waals surface area contributed by atoms with Gasteiger partial charge in [0.15, 0.2) is 5.78 Å². The molecule has 0 bridgehead atoms. The van der Waals surface area contributed by atoms with E-state index >= 15 is 0 Å². The highest BCUT2D eigenvalue weighted by Gasteiger charge is 2.31. The first kappa shape index (κ1) is 28.7. The van der Waals surface area contributed by atoms with E-state index in [4.69, 9.17) is 0 Å². The molecule has 2 aromatic carbocycles. The quantitative estimate of drug-likeness (QED) is 0.233. The number of hydrogen-bond acceptors (Lipinski definition) is 3. The Hall–Kier alpha value is -3.28. The maximum Gasteiger partial charge on any atom is 0.416 e. The Morgan fingerprint density at radius 3 is 2.28 bits per heavy atom. The number of Topliss-reactive ketones (excluding diaryl/α,β-unsaturated/α-hetero) is 2. The van der Waals surface area contributed by atoms with Gasteiger partial charge in [-0.1, -0.05) is 69.4 Å². The Morgan fingerprint density at radius 1 is 0.872 bits per heavy atom. The molecule has 0 amide bonds. The van der Waals surface area contributed by atoms with Crippen LogP contribution in [0.25, 0.3) is 0 Å². The van der Waals surface area contributed by atoms with E-state index in [0.29, 0.717) is 36.4 Å². The summed E-state index contributed by atoms with van der Waals surface area (Å²) >= 11 is 0. The number of benzene rings is 2. The van der Waals surface area contributed by atoms with Crippen LogP contribution in [0.2, 0.25) is 0 Å². The van der Waals surface area contributed by atoms with Gasteiger partial charge in [0.25, 0.3) is 0 Å². The lowest BCUT2D eigenvalue weighted by molar-refractivity contribution is -0.137. The van der Waals surface area contributed by atoms with Crippen LogP contribution in [-0.2, 0) is 36.7 Å². The molecule has 0 spiro atoms. The van der Waals surface area contributed by atoms with Crippen LogP contribution in [0.3, 0.4) is 0 Å². The third-order valence-corrected chi connectivity index (χ3v) is 7.71. The molecular formula is C33H36F3NO2. The lowest BCUT2D eigenvalue weighted by Crippen LogP contribution is -2.14. The topological polar surface area (TPSA) is 47.0 Å². The Bertz CT molecular complexity index is 1270. The number of aromatic nitrogens is 1. The highest BCUT2D eigenvalue weighted by atomic mass is 19.4. The number of halogens is 3. The van der Waals surface area contributed by atoms with Crippen molar-refractivity contribution in [3.05, 3.63) is 99.9 Å². The van der Waals surface area contributed by atoms with Crippen molar-refractivity contribution in [2.75, 3.05) is 0 Å². The number of hydrogen-bond donors (Lipinski definition) is 0. The summed E-state index contributed by atoms with van der Waals surface area (Å²) < 4.78 is 40.2. The fourth-order valence-electron chi connectivity index (χ4n) is 5.43. The van der Waals surface area contributed by atoms with Crippen molar-refractivity contribution in [2.24, 2.45) is 5.92 Å². The molecule has 0 atom stereocenters. The molecule has 0 radical (unpaired) electrons. The second-order valence-electron chi connectivity index (χ2n) is 10.7. The molecule has 1 heterocycles. The lowest BCUT2D eigenvalue weighted by atomic mass is 9.83. The van der Waals surface area contributed by atoms with Gasteiger partial charge in [-0.2, -0.15) is 13.2 Å². The number of aryl methyl sites for hydroxylation is 1. The first-order valence-electron chi connectivity index (χ1n) is 14.0. The van der Waals surface area contributed by atoms with Gasteiger partial charge < -0.3 is 0 Å². The van der Waals surface area contributed by atoms with Gasteiger partial charge in [-0.3, -0.25) is 14.6 Å². The maximum absolute atomic E-state index is 13.4. The van der Waals surface area contributed by atoms with Crippen LogP contribution in [-0.4, -0.2) is 16.6 Å². The van der Waals surface area contributed by atoms with Gasteiger partial charge in [0, 0.05) is 25.5 Å². The summed E-state index contributed by atoms with van der Waals surface area (Å²) in [7, 11) is 0. The van der Waals surface area contributed by atoms with E-state index in [9.17, 15) is 22.8 Å². The number of nitrogens with zero attached hydrogens (tertiary/aromatic N) is 1. The van der Waals surface area contributed by atoms with E-state index in [1.165, 1.54) is 25.3 Å². The Labute approximate surface area is 228 Å². The minimum atomic E-state index is -4.42. The molecule has 1 aliphatic carbocycles. The molecule has 1 saturated carbocycles. The largest absolute Gasteiger partial charge is 0.416 e. The van der Waals surface area contributed by atoms with Crippen molar-refractivity contribution >= 4 is 11.6 Å². The van der Waals surface area contributed by atoms with E-state index in [2.05, 4.69) is 4.98 Å². The normalized spacial score (nSPS) is 14.4. The molecule has 0 N–H and O–H groups in total. The summed E-state index contributed by atoms with van der Waals surface area (Å²) in [6.07, 6.45) is 5.68. The molecule has 3 aromatic rings. The zero-order valence-electron chi connectivity index (χ0n) is 22.5. The summed E-state index contributed by atoms with van der Waals surface area (Å²) in [6, 6.07) is 15.6. The first-order chi connectivity index (χ1) is 18.7. The zero-order chi connectivity index (χ0) is 27.8. The number of rotatable bonds is 11. The van der Waals surface area contributed by atoms with E-state index in [1.807, 2.05) is 43.3 Å². The molecule has 1 fully saturated rings. The van der Waals surface area contributed by atoms with Gasteiger partial charge in [0.1, 0.15) is 11.5 Å². The SMILES string of the molecule is CCC(=O)c1cc(Cc2ccc(CCC(=O)Cc3cc(C(F)(F)F)ccc3CC3CCCCC3)cc2)ccn1. The third-order valence-electron chi connectivity index (χ3n) is 7.71. The van der Waals surface area contributed by atoms with E-state index in [1.54, 1.807) is 12.3 Å². The van der Waals surface area contributed by atoms with E-state index < -0.39 is 11.7 Å². The smallest absolute Gasteiger partial charge is 0.299 e. The van der Waals surface area contributed by atoms with Gasteiger partial charge in [0.05, 0.1) is 5.56 Å². The van der Waals surface area contributed by atoms with Crippen LogP contribution in [0.15, 0.2) is 60.8 Å². The summed E-state index contributed by atoms with van der Waals surface area (Å²) in [6.45, 7) is 1.82. The van der Waals surface area contributed by atoms with Gasteiger partial charge >= 0.3 is 6.18 Å². The van der Waals surface area contributed by atoms with Crippen LogP contribution in [0.4, 0.5) is 13.2 Å². The molecule has 1 aliphatic rings. The van der Waals surface area contributed by atoms with Gasteiger partial charge in [-0.15, -0.1) is 0 Å². The highest BCUT2D eigenvalue weighted by molar-refractivity contribution is 5.94. The second kappa shape index (κ2) is 13.2. The molecule has 206 valence electrons. The van der Waals surface area contributed by atoms with Gasteiger partial charge in [-0.25, -0.2) is 0 Å². The first-order valence-corrected chi connectivity index (χ1v) is 14.0. The van der Waals surface area contributed by atoms with Crippen molar-refractivity contribution in [1.29, 1.82) is 0 Å². The standard InChI is InChI=1S/C33H36F3NO2/c1-2-32(39)31-20-26(16-17-37-31)18-25-10-8-23(9-11-25)12-15-30(38)22-28-21-29(33(34,35)36)14-13-27(28)19-24-6-4-3-5-7-24/h8-11,13-14,16-17,20-21,24H,2-7,12,15,18-19,22H2,1H3. The molecule has 1 aromatic heterocycles. The van der Waals surface area contributed by atoms with Crippen LogP contribution < -0.4 is 0 Å². The van der Waals surface area contributed by atoms with E-state index in [-0.39, 0.29) is 24.4 Å². The summed E-state index contributed by atoms with van der Waals surface area (Å²) in [5, 5.41) is 0. The van der Waals surface area contributed by atoms with Crippen molar-refractivity contribution < 1.29 is 22.8 Å². The summed E-state index contributed by atoms with van der Waals surface area (Å²) in [5.41, 5.74) is 4.30. The van der Waals surface area contributed by atoms with Gasteiger partial charge in [0.2, 0.25) is 0 Å². The zero-order valence-corrected chi connectivity index (χ0v) is 22.5. The molecular weight excluding hydrogens is 499 g/mol. The third kappa shape index (κ3) is 8.35. The summed E-state index contributed by atoms with van der Waals surface area (Å²) in [4.78, 5) is 29.0. The number of carbonyl (C=O) groups excluding carboxylic acids is 2. The average molecular weight is 536 g/mol. The fraction of sp³-hybridized carbons (Fsp3) is 0.424. The molecule has 3 nitrogen and oxygen atoms in total. The Morgan fingerprint density at radius 2 is 1.59 bits per heavy atom. The van der Waals surface area contributed by atoms with Crippen LogP contribution in [0, 0.1) is 5.92 Å². The Balaban J connectivity index is 1.36. The number of carbonyl (C=O) groups is 2. The van der Waals surface area contributed by atoms with Crippen molar-refractivity contribution in [2.45, 2.75) is 83.7 Å². The minimum absolute atomic E-state index is 0.0168. The van der Waals surface area contributed by atoms with Crippen molar-refractivity contribution in [3.8, 4) is 0 Å². The van der Waals surface area contributed by atoms with Crippen LogP contribution in [0.5, 0.6) is 0 Å². The Kier molecular flexibility index (Phi) is 9.71. The van der Waals surface area contributed by atoms with Gasteiger partial charge in [-0.05, 0) is 77.3 Å². The molecule has 0 unspecified atom stereocenters. The molecule has 0 aliphatic heterocycles. The van der Waals surface area contributed by atoms with Crippen molar-refractivity contribution in [3.63, 3.8) is 0 Å². The van der Waals surface area contributed by atoms with E-state index in [0.717, 1.165) is 47.6 Å². The van der Waals surface area contributed by atoms with Crippen LogP contribution in [0.1, 0.15) is 95.7 Å². The summed E-state index contributed by atoms with van der Waals surface area (Å²) in [5.74, 6) is 0.449. The van der Waals surface area contributed by atoms with Crippen molar-refractivity contribution in [1.82, 2.24) is 4.98 Å². The lowest BCUT2D eigenvalue weighted by Gasteiger charge is -2.23. The maximum atomic E-state index is 13.4. The number of pyridine rings is 1. The number of alkyl halides is 3. The molecule has 4 rings (SSSR count). The predicted octanol–water partition coefficient (Wildman–Crippen LogP) is 8.15.